The van der Waals surface area contributed by atoms with Crippen LogP contribution in [0.25, 0.3) is 82.6 Å². The Bertz CT molecular complexity index is 7330. The van der Waals surface area contributed by atoms with Crippen LogP contribution in [0.5, 0.6) is 17.2 Å². The van der Waals surface area contributed by atoms with Crippen molar-refractivity contribution in [2.75, 3.05) is 48.0 Å². The van der Waals surface area contributed by atoms with Crippen LogP contribution in [0.4, 0.5) is 62.6 Å². The molecule has 16 aromatic rings. The molecular formula is C116H102N6O4. The number of fused-ring (bicyclic) bond motifs is 18. The number of ether oxygens (including phenoxy) is 4. The molecule has 4 atom stereocenters. The second kappa shape index (κ2) is 28.8. The molecule has 1 saturated carbocycles. The van der Waals surface area contributed by atoms with Crippen LogP contribution in [0.2, 0.25) is 0 Å². The fraction of sp³-hybridized carbons (Fsp3) is 0.207. The molecule has 7 aliphatic rings. The lowest BCUT2D eigenvalue weighted by Crippen LogP contribution is -2.31. The van der Waals surface area contributed by atoms with E-state index in [4.69, 9.17) is 18.9 Å². The van der Waals surface area contributed by atoms with Gasteiger partial charge in [0.1, 0.15) is 23.0 Å². The average Bonchev–Trinajstić information content (AvgIpc) is 1.55. The number of methoxy groups -OCH3 is 4. The predicted molar refractivity (Wildman–Crippen MR) is 522 cm³/mol. The summed E-state index contributed by atoms with van der Waals surface area (Å²) < 4.78 is 29.1. The Kier molecular flexibility index (Phi) is 17.6. The van der Waals surface area contributed by atoms with Crippen LogP contribution in [-0.2, 0) is 26.4 Å². The fourth-order valence-electron chi connectivity index (χ4n) is 23.1. The first-order valence-electron chi connectivity index (χ1n) is 44.7. The smallest absolute Gasteiger partial charge is 0.119 e. The summed E-state index contributed by atoms with van der Waals surface area (Å²) in [5.74, 6) is 3.70. The Morgan fingerprint density at radius 2 is 0.635 bits per heavy atom. The van der Waals surface area contributed by atoms with Gasteiger partial charge in [-0.3, -0.25) is 0 Å². The molecule has 2 heterocycles. The molecule has 10 nitrogen and oxygen atoms in total. The van der Waals surface area contributed by atoms with Gasteiger partial charge in [0.25, 0.3) is 0 Å². The van der Waals surface area contributed by atoms with Crippen LogP contribution in [0, 0.1) is 5.92 Å². The van der Waals surface area contributed by atoms with Gasteiger partial charge in [-0.25, -0.2) is 0 Å². The van der Waals surface area contributed by atoms with Crippen molar-refractivity contribution in [2.24, 2.45) is 5.92 Å². The fourth-order valence-corrected chi connectivity index (χ4v) is 23.1. The van der Waals surface area contributed by atoms with E-state index < -0.39 is 0 Å². The molecule has 126 heavy (non-hydrogen) atoms. The van der Waals surface area contributed by atoms with E-state index in [-0.39, 0.29) is 39.8 Å². The summed E-state index contributed by atoms with van der Waals surface area (Å²) in [6.07, 6.45) is 17.4. The summed E-state index contributed by atoms with van der Waals surface area (Å²) in [7, 11) is 7.02. The summed E-state index contributed by atoms with van der Waals surface area (Å²) >= 11 is 0. The van der Waals surface area contributed by atoms with Gasteiger partial charge in [0.2, 0.25) is 0 Å². The molecular weight excluding hydrogens is 1540 g/mol. The average molecular weight is 1640 g/mol. The summed E-state index contributed by atoms with van der Waals surface area (Å²) in [4.78, 5) is 9.98. The van der Waals surface area contributed by atoms with Crippen LogP contribution in [0.1, 0.15) is 138 Å². The van der Waals surface area contributed by atoms with Gasteiger partial charge in [-0.05, 0) is 327 Å². The first kappa shape index (κ1) is 76.9. The summed E-state index contributed by atoms with van der Waals surface area (Å²) in [5, 5.41) is 4.72. The molecule has 23 rings (SSSR count). The molecule has 0 radical (unpaired) electrons. The Hall–Kier alpha value is -14.0. The molecule has 14 aromatic carbocycles. The van der Waals surface area contributed by atoms with Crippen molar-refractivity contribution in [1.82, 2.24) is 9.13 Å². The lowest BCUT2D eigenvalue weighted by molar-refractivity contribution is 0.205. The highest BCUT2D eigenvalue weighted by Gasteiger charge is 2.45. The molecule has 0 bridgehead atoms. The van der Waals surface area contributed by atoms with Crippen LogP contribution in [0.15, 0.2) is 333 Å². The SMILES string of the molecule is COC1=CCC(N(c2ccc3c(c2)C(C)(C)c2ccccc2-3)c2ccc3c(c2)c2cc(N(c4ccc(OC)cc4)c4ccc5c(c4)C(C)(C)c4ccccc4-5)ccc2n3C2CCC2n2c3ccc(N(c4ccc(OC)cc4)c4ccc5c(c4)C(C)(C)c4ccccc4-5)cc3c3cc(N(c4ccc(OC)cc4)c4ccc5c(c4)C(C)(C)C4CC=CC=C54)ccc32)C=C1. The highest BCUT2D eigenvalue weighted by Crippen LogP contribution is 2.60. The van der Waals surface area contributed by atoms with Gasteiger partial charge >= 0.3 is 0 Å². The van der Waals surface area contributed by atoms with E-state index in [1.165, 1.54) is 127 Å². The zero-order chi connectivity index (χ0) is 85.6. The third-order valence-corrected chi connectivity index (χ3v) is 29.9. The number of rotatable bonds is 18. The van der Waals surface area contributed by atoms with E-state index in [1.54, 1.807) is 28.4 Å². The Balaban J connectivity index is 0.736. The molecule has 0 saturated heterocycles. The molecule has 620 valence electrons. The lowest BCUT2D eigenvalue weighted by atomic mass is 9.75. The van der Waals surface area contributed by atoms with E-state index >= 15 is 0 Å². The summed E-state index contributed by atoms with van der Waals surface area (Å²) in [6, 6.07) is 111. The molecule has 1 fully saturated rings. The molecule has 4 unspecified atom stereocenters. The normalized spacial score (nSPS) is 18.2. The quantitative estimate of drug-likeness (QED) is 0.0842. The van der Waals surface area contributed by atoms with Crippen LogP contribution < -0.4 is 33.8 Å². The first-order chi connectivity index (χ1) is 61.3. The zero-order valence-electron chi connectivity index (χ0n) is 73.6. The number of hydrogen-bond donors (Lipinski definition) is 0. The van der Waals surface area contributed by atoms with E-state index in [1.807, 2.05) is 0 Å². The number of aromatic nitrogens is 2. The van der Waals surface area contributed by atoms with E-state index in [0.29, 0.717) is 5.92 Å². The molecule has 2 aromatic heterocycles. The third kappa shape index (κ3) is 11.7. The van der Waals surface area contributed by atoms with Crippen molar-refractivity contribution in [3.63, 3.8) is 0 Å². The second-order valence-electron chi connectivity index (χ2n) is 37.7. The molecule has 0 aliphatic heterocycles. The van der Waals surface area contributed by atoms with Gasteiger partial charge in [-0.2, -0.15) is 0 Å². The first-order valence-corrected chi connectivity index (χ1v) is 44.7. The maximum Gasteiger partial charge on any atom is 0.119 e. The largest absolute Gasteiger partial charge is 0.497 e. The Morgan fingerprint density at radius 1 is 0.310 bits per heavy atom. The van der Waals surface area contributed by atoms with Crippen molar-refractivity contribution >= 4 is 112 Å². The number of allylic oxidation sites excluding steroid dienone is 5. The van der Waals surface area contributed by atoms with Crippen molar-refractivity contribution in [3.05, 3.63) is 378 Å². The summed E-state index contributed by atoms with van der Waals surface area (Å²) in [5.41, 5.74) is 35.8. The monoisotopic (exact) mass is 1640 g/mol. The number of anilines is 11. The van der Waals surface area contributed by atoms with Crippen LogP contribution >= 0.6 is 0 Å². The molecule has 7 aliphatic carbocycles. The minimum Gasteiger partial charge on any atom is -0.497 e. The van der Waals surface area contributed by atoms with E-state index in [9.17, 15) is 0 Å². The van der Waals surface area contributed by atoms with Crippen LogP contribution in [0.3, 0.4) is 0 Å². The predicted octanol–water partition coefficient (Wildman–Crippen LogP) is 30.1. The maximum atomic E-state index is 5.93. The van der Waals surface area contributed by atoms with Crippen molar-refractivity contribution in [3.8, 4) is 50.6 Å². The minimum absolute atomic E-state index is 0.0196. The summed E-state index contributed by atoms with van der Waals surface area (Å²) in [6.45, 7) is 19.2. The molecule has 0 N–H and O–H groups in total. The third-order valence-electron chi connectivity index (χ3n) is 29.9. The van der Waals surface area contributed by atoms with Gasteiger partial charge in [0.05, 0.1) is 46.6 Å². The maximum absolute atomic E-state index is 5.93. The van der Waals surface area contributed by atoms with Crippen molar-refractivity contribution in [2.45, 2.75) is 121 Å². The standard InChI is InChI=1S/C116H102N6O4/c1-113(2)99-25-17-13-21-87(99)91-53-37-79(67-103(91)113)117(71-29-45-83(123-9)46-30-71)75-41-57-107-95(63-75)96-64-76(118(72-31-47-84(124-10)48-32-72)80-38-54-92-88-22-14-18-26-100(88)114(3,4)104(92)68-80)42-58-108(96)121(107)111-61-62-112(111)122-109-59-43-77(119(73-33-49-85(125-11)50-34-73)81-39-55-93-89-23-15-19-27-101(89)115(5,6)105(93)69-81)65-97(109)98-66-78(44-60-110(98)122)120(74-35-51-86(126-12)52-36-74)82-40-56-94-90-24-16-20-28-102(90)116(7,8)106(94)70-82/h13-27,29-31,33-60,63-70,72,102,111-112H,28,32,61-62H2,1-12H3. The van der Waals surface area contributed by atoms with Gasteiger partial charge < -0.3 is 47.7 Å². The second-order valence-corrected chi connectivity index (χ2v) is 37.7. The molecule has 10 heteroatoms. The Labute approximate surface area is 738 Å². The zero-order valence-corrected chi connectivity index (χ0v) is 73.6. The topological polar surface area (TPSA) is 59.7 Å². The van der Waals surface area contributed by atoms with Gasteiger partial charge in [-0.1, -0.05) is 177 Å². The van der Waals surface area contributed by atoms with Crippen molar-refractivity contribution < 1.29 is 18.9 Å². The van der Waals surface area contributed by atoms with E-state index in [2.05, 4.69) is 412 Å². The number of nitrogens with zero attached hydrogens (tertiary/aromatic N) is 6. The lowest BCUT2D eigenvalue weighted by Gasteiger charge is -2.41. The van der Waals surface area contributed by atoms with Crippen LogP contribution in [-0.4, -0.2) is 43.6 Å². The molecule has 0 amide bonds. The van der Waals surface area contributed by atoms with Crippen molar-refractivity contribution in [1.29, 1.82) is 0 Å². The van der Waals surface area contributed by atoms with E-state index in [0.717, 1.165) is 111 Å². The highest BCUT2D eigenvalue weighted by atomic mass is 16.5. The molecule has 0 spiro atoms. The highest BCUT2D eigenvalue weighted by molar-refractivity contribution is 6.13. The Morgan fingerprint density at radius 3 is 1.02 bits per heavy atom. The number of benzene rings is 14. The van der Waals surface area contributed by atoms with Gasteiger partial charge in [0, 0.05) is 122 Å². The van der Waals surface area contributed by atoms with Gasteiger partial charge in [-0.15, -0.1) is 0 Å². The van der Waals surface area contributed by atoms with Gasteiger partial charge in [0.15, 0.2) is 0 Å². The number of hydrogen-bond acceptors (Lipinski definition) is 8. The minimum atomic E-state index is -0.224.